The van der Waals surface area contributed by atoms with Crippen molar-refractivity contribution in [1.82, 2.24) is 25.0 Å². The highest BCUT2D eigenvalue weighted by molar-refractivity contribution is 6.33. The molecule has 0 spiro atoms. The molecule has 3 rings (SSSR count). The highest BCUT2D eigenvalue weighted by Crippen LogP contribution is 2.30. The normalized spacial score (nSPS) is 19.3. The molecule has 0 bridgehead atoms. The van der Waals surface area contributed by atoms with Gasteiger partial charge >= 0.3 is 0 Å². The summed E-state index contributed by atoms with van der Waals surface area (Å²) in [7, 11) is 1.59. The Morgan fingerprint density at radius 3 is 3.10 bits per heavy atom. The van der Waals surface area contributed by atoms with Crippen molar-refractivity contribution in [1.29, 1.82) is 0 Å². The Kier molecular flexibility index (Phi) is 3.43. The number of hydrogen-bond donors (Lipinski definition) is 1. The fourth-order valence-electron chi connectivity index (χ4n) is 2.55. The fourth-order valence-corrected chi connectivity index (χ4v) is 2.84. The van der Waals surface area contributed by atoms with Crippen molar-refractivity contribution in [2.45, 2.75) is 18.8 Å². The first kappa shape index (κ1) is 13.1. The van der Waals surface area contributed by atoms with E-state index in [2.05, 4.69) is 25.2 Å². The van der Waals surface area contributed by atoms with Crippen molar-refractivity contribution in [3.63, 3.8) is 0 Å². The first-order valence-electron chi connectivity index (χ1n) is 6.49. The monoisotopic (exact) mass is 294 g/mol. The molecular formula is C12H15ClN6O. The van der Waals surface area contributed by atoms with Gasteiger partial charge in [-0.2, -0.15) is 10.2 Å². The molecule has 1 saturated heterocycles. The number of nitrogens with one attached hydrogen (secondary N) is 1. The van der Waals surface area contributed by atoms with E-state index in [1.807, 2.05) is 0 Å². The predicted octanol–water partition coefficient (Wildman–Crippen LogP) is 0.936. The van der Waals surface area contributed by atoms with E-state index >= 15 is 0 Å². The molecule has 0 saturated carbocycles. The molecule has 3 heterocycles. The number of aromatic nitrogens is 5. The molecule has 1 aliphatic rings. The van der Waals surface area contributed by atoms with Crippen LogP contribution < -0.4 is 10.5 Å². The Bertz CT molecular complexity index is 652. The van der Waals surface area contributed by atoms with Gasteiger partial charge in [0, 0.05) is 26.1 Å². The summed E-state index contributed by atoms with van der Waals surface area (Å²) < 4.78 is 1.24. The van der Waals surface area contributed by atoms with E-state index in [1.54, 1.807) is 13.2 Å². The van der Waals surface area contributed by atoms with Gasteiger partial charge in [-0.25, -0.2) is 9.67 Å². The van der Waals surface area contributed by atoms with Gasteiger partial charge in [-0.15, -0.1) is 0 Å². The van der Waals surface area contributed by atoms with Crippen LogP contribution in [-0.4, -0.2) is 38.1 Å². The minimum Gasteiger partial charge on any atom is -0.368 e. The number of H-pyrrole nitrogens is 1. The predicted molar refractivity (Wildman–Crippen MR) is 75.1 cm³/mol. The second-order valence-electron chi connectivity index (χ2n) is 4.93. The molecule has 7 nitrogen and oxygen atoms in total. The molecule has 2 aromatic rings. The van der Waals surface area contributed by atoms with Crippen molar-refractivity contribution in [2.24, 2.45) is 7.05 Å². The van der Waals surface area contributed by atoms with Crippen molar-refractivity contribution < 1.29 is 0 Å². The number of nitrogens with zero attached hydrogens (tertiary/aromatic N) is 5. The van der Waals surface area contributed by atoms with Crippen LogP contribution in [0.3, 0.4) is 0 Å². The number of anilines is 1. The van der Waals surface area contributed by atoms with Crippen LogP contribution in [0.4, 0.5) is 5.69 Å². The molecule has 1 fully saturated rings. The van der Waals surface area contributed by atoms with Gasteiger partial charge in [0.1, 0.15) is 17.2 Å². The minimum atomic E-state index is -0.272. The lowest BCUT2D eigenvalue weighted by atomic mass is 9.97. The molecule has 0 aromatic carbocycles. The SMILES string of the molecule is Cn1ncc(N2CCCC(c3ncn[nH]3)C2)c(Cl)c1=O. The molecule has 0 radical (unpaired) electrons. The third-order valence-electron chi connectivity index (χ3n) is 3.64. The summed E-state index contributed by atoms with van der Waals surface area (Å²) in [5.74, 6) is 1.15. The number of halogens is 1. The third-order valence-corrected chi connectivity index (χ3v) is 4.00. The lowest BCUT2D eigenvalue weighted by Crippen LogP contribution is -2.36. The average molecular weight is 295 g/mol. The number of aryl methyl sites for hydroxylation is 1. The van der Waals surface area contributed by atoms with Gasteiger partial charge in [-0.3, -0.25) is 9.89 Å². The second kappa shape index (κ2) is 5.24. The second-order valence-corrected chi connectivity index (χ2v) is 5.31. The van der Waals surface area contributed by atoms with Gasteiger partial charge in [0.25, 0.3) is 5.56 Å². The summed E-state index contributed by atoms with van der Waals surface area (Å²) in [6, 6.07) is 0. The van der Waals surface area contributed by atoms with E-state index in [9.17, 15) is 4.79 Å². The standard InChI is InChI=1S/C12H15ClN6O/c1-18-12(20)10(13)9(5-16-18)19-4-2-3-8(6-19)11-14-7-15-17-11/h5,7-8H,2-4,6H2,1H3,(H,14,15,17). The van der Waals surface area contributed by atoms with Gasteiger partial charge in [0.15, 0.2) is 0 Å². The Labute approximate surface area is 120 Å². The van der Waals surface area contributed by atoms with Crippen LogP contribution in [0.15, 0.2) is 17.3 Å². The summed E-state index contributed by atoms with van der Waals surface area (Å²) >= 11 is 6.15. The van der Waals surface area contributed by atoms with Crippen LogP contribution in [0.25, 0.3) is 0 Å². The molecule has 8 heteroatoms. The molecule has 1 aliphatic heterocycles. The third kappa shape index (κ3) is 2.29. The molecule has 1 N–H and O–H groups in total. The highest BCUT2D eigenvalue weighted by atomic mass is 35.5. The Balaban J connectivity index is 1.87. The molecule has 1 atom stereocenters. The summed E-state index contributed by atoms with van der Waals surface area (Å²) in [6.45, 7) is 1.61. The molecule has 106 valence electrons. The lowest BCUT2D eigenvalue weighted by molar-refractivity contribution is 0.491. The molecule has 0 amide bonds. The van der Waals surface area contributed by atoms with E-state index in [4.69, 9.17) is 11.6 Å². The maximum atomic E-state index is 11.9. The number of aromatic amines is 1. The largest absolute Gasteiger partial charge is 0.368 e. The zero-order valence-corrected chi connectivity index (χ0v) is 11.8. The van der Waals surface area contributed by atoms with E-state index in [-0.39, 0.29) is 16.5 Å². The maximum absolute atomic E-state index is 11.9. The highest BCUT2D eigenvalue weighted by Gasteiger charge is 2.25. The van der Waals surface area contributed by atoms with E-state index in [0.717, 1.165) is 31.8 Å². The number of hydrogen-bond acceptors (Lipinski definition) is 5. The van der Waals surface area contributed by atoms with Crippen LogP contribution in [0.2, 0.25) is 5.02 Å². The lowest BCUT2D eigenvalue weighted by Gasteiger charge is -2.33. The Hall–Kier alpha value is -1.89. The smallest absolute Gasteiger partial charge is 0.287 e. The van der Waals surface area contributed by atoms with Crippen molar-refractivity contribution in [3.05, 3.63) is 33.7 Å². The molecule has 0 aliphatic carbocycles. The average Bonchev–Trinajstić information content (AvgIpc) is 2.99. The summed E-state index contributed by atoms with van der Waals surface area (Å²) in [4.78, 5) is 18.2. The number of piperidine rings is 1. The summed E-state index contributed by atoms with van der Waals surface area (Å²) in [6.07, 6.45) is 5.21. The molecular weight excluding hydrogens is 280 g/mol. The van der Waals surface area contributed by atoms with Crippen LogP contribution in [0.1, 0.15) is 24.6 Å². The van der Waals surface area contributed by atoms with Gasteiger partial charge in [-0.1, -0.05) is 11.6 Å². The maximum Gasteiger partial charge on any atom is 0.287 e. The Morgan fingerprint density at radius 2 is 2.35 bits per heavy atom. The van der Waals surface area contributed by atoms with Gasteiger partial charge in [-0.05, 0) is 12.8 Å². The van der Waals surface area contributed by atoms with Gasteiger partial charge in [0.2, 0.25) is 0 Å². The van der Waals surface area contributed by atoms with Crippen LogP contribution in [0.5, 0.6) is 0 Å². The topological polar surface area (TPSA) is 79.7 Å². The van der Waals surface area contributed by atoms with Crippen LogP contribution in [0, 0.1) is 0 Å². The molecule has 20 heavy (non-hydrogen) atoms. The van der Waals surface area contributed by atoms with Crippen molar-refractivity contribution >= 4 is 17.3 Å². The Morgan fingerprint density at radius 1 is 1.50 bits per heavy atom. The quantitative estimate of drug-likeness (QED) is 0.891. The number of rotatable bonds is 2. The van der Waals surface area contributed by atoms with E-state index < -0.39 is 0 Å². The first-order valence-corrected chi connectivity index (χ1v) is 6.86. The zero-order chi connectivity index (χ0) is 14.1. The van der Waals surface area contributed by atoms with Crippen molar-refractivity contribution in [2.75, 3.05) is 18.0 Å². The summed E-state index contributed by atoms with van der Waals surface area (Å²) in [5, 5.41) is 11.1. The zero-order valence-electron chi connectivity index (χ0n) is 11.1. The summed E-state index contributed by atoms with van der Waals surface area (Å²) in [5.41, 5.74) is 0.421. The fraction of sp³-hybridized carbons (Fsp3) is 0.500. The van der Waals surface area contributed by atoms with E-state index in [0.29, 0.717) is 5.69 Å². The van der Waals surface area contributed by atoms with Crippen molar-refractivity contribution in [3.8, 4) is 0 Å². The van der Waals surface area contributed by atoms with Crippen LogP contribution in [-0.2, 0) is 7.05 Å². The minimum absolute atomic E-state index is 0.223. The van der Waals surface area contributed by atoms with Crippen LogP contribution >= 0.6 is 11.6 Å². The first-order chi connectivity index (χ1) is 9.66. The molecule has 2 aromatic heterocycles. The van der Waals surface area contributed by atoms with Gasteiger partial charge in [0.05, 0.1) is 11.9 Å². The van der Waals surface area contributed by atoms with Gasteiger partial charge < -0.3 is 4.90 Å². The van der Waals surface area contributed by atoms with E-state index in [1.165, 1.54) is 11.0 Å². The molecule has 1 unspecified atom stereocenters.